The van der Waals surface area contributed by atoms with Crippen LogP contribution in [0.4, 0.5) is 0 Å². The summed E-state index contributed by atoms with van der Waals surface area (Å²) in [6.45, 7) is 0. The van der Waals surface area contributed by atoms with E-state index in [1.807, 2.05) is 12.2 Å². The second-order valence-electron chi connectivity index (χ2n) is 13.4. The van der Waals surface area contributed by atoms with E-state index in [4.69, 9.17) is 15.9 Å². The van der Waals surface area contributed by atoms with E-state index in [2.05, 4.69) is 143 Å². The fourth-order valence-electron chi connectivity index (χ4n) is 9.21. The zero-order valence-electron chi connectivity index (χ0n) is 26.5. The van der Waals surface area contributed by atoms with E-state index in [0.29, 0.717) is 6.42 Å². The van der Waals surface area contributed by atoms with Gasteiger partial charge < -0.3 is 19.6 Å². The lowest BCUT2D eigenvalue weighted by molar-refractivity contribution is 0.434. The molecule has 11 rings (SSSR count). The van der Waals surface area contributed by atoms with Crippen molar-refractivity contribution in [3.63, 3.8) is 0 Å². The number of nitrogens with zero attached hydrogens (tertiary/aromatic N) is 2. The summed E-state index contributed by atoms with van der Waals surface area (Å²) in [5.41, 5.74) is 16.9. The Morgan fingerprint density at radius 1 is 0.653 bits per heavy atom. The largest absolute Gasteiger partial charge is 0.457 e. The minimum Gasteiger partial charge on any atom is -0.457 e. The molecule has 5 heteroatoms. The molecule has 232 valence electrons. The number of rotatable bonds is 2. The Balaban J connectivity index is 1.30. The first-order valence-corrected chi connectivity index (χ1v) is 16.8. The molecule has 1 spiro atoms. The second kappa shape index (κ2) is 9.39. The highest BCUT2D eigenvalue weighted by Crippen LogP contribution is 2.61. The molecule has 2 atom stereocenters. The van der Waals surface area contributed by atoms with E-state index < -0.39 is 5.41 Å². The van der Waals surface area contributed by atoms with E-state index in [0.717, 1.165) is 39.2 Å². The third kappa shape index (κ3) is 3.27. The normalized spacial score (nSPS) is 18.8. The van der Waals surface area contributed by atoms with Crippen molar-refractivity contribution in [3.05, 3.63) is 173 Å². The molecule has 4 heterocycles. The zero-order valence-corrected chi connectivity index (χ0v) is 26.5. The number of para-hydroxylation sites is 5. The average molecular weight is 631 g/mol. The van der Waals surface area contributed by atoms with Gasteiger partial charge in [0.2, 0.25) is 0 Å². The molecule has 2 aromatic heterocycles. The molecule has 3 N–H and O–H groups in total. The highest BCUT2D eigenvalue weighted by atomic mass is 16.5. The molecule has 2 aliphatic heterocycles. The molecule has 5 nitrogen and oxygen atoms in total. The summed E-state index contributed by atoms with van der Waals surface area (Å²) in [7, 11) is 0. The van der Waals surface area contributed by atoms with Crippen LogP contribution >= 0.6 is 0 Å². The van der Waals surface area contributed by atoms with Crippen molar-refractivity contribution in [2.75, 3.05) is 0 Å². The van der Waals surface area contributed by atoms with E-state index in [-0.39, 0.29) is 11.9 Å². The summed E-state index contributed by atoms with van der Waals surface area (Å²) < 4.78 is 11.8. The Morgan fingerprint density at radius 2 is 1.35 bits per heavy atom. The molecule has 6 aromatic carbocycles. The lowest BCUT2D eigenvalue weighted by Gasteiger charge is -2.45. The number of benzene rings is 6. The van der Waals surface area contributed by atoms with Gasteiger partial charge in [-0.2, -0.15) is 0 Å². The molecule has 0 bridgehead atoms. The lowest BCUT2D eigenvalue weighted by Crippen LogP contribution is -2.37. The van der Waals surface area contributed by atoms with Crippen molar-refractivity contribution in [1.82, 2.24) is 9.13 Å². The van der Waals surface area contributed by atoms with Crippen LogP contribution in [-0.2, 0) is 5.41 Å². The van der Waals surface area contributed by atoms with Crippen LogP contribution in [0.3, 0.4) is 0 Å². The maximum Gasteiger partial charge on any atom is 0.134 e. The maximum atomic E-state index is 8.17. The van der Waals surface area contributed by atoms with Crippen LogP contribution in [0, 0.1) is 5.41 Å². The topological polar surface area (TPSA) is 69.0 Å². The maximum absolute atomic E-state index is 8.17. The summed E-state index contributed by atoms with van der Waals surface area (Å²) in [5, 5.41) is 13.1. The van der Waals surface area contributed by atoms with Crippen molar-refractivity contribution in [2.24, 2.45) is 5.73 Å². The van der Waals surface area contributed by atoms with Crippen molar-refractivity contribution in [1.29, 1.82) is 5.41 Å². The number of nitrogens with two attached hydrogens (primary N) is 1. The number of aromatic nitrogens is 2. The summed E-state index contributed by atoms with van der Waals surface area (Å²) in [5.74, 6) is 1.85. The van der Waals surface area contributed by atoms with Crippen LogP contribution in [0.25, 0.3) is 49.3 Å². The van der Waals surface area contributed by atoms with E-state index in [1.165, 1.54) is 49.4 Å². The summed E-state index contributed by atoms with van der Waals surface area (Å²) in [4.78, 5) is 0. The van der Waals surface area contributed by atoms with Gasteiger partial charge in [0.1, 0.15) is 17.3 Å². The third-order valence-electron chi connectivity index (χ3n) is 11.1. The smallest absolute Gasteiger partial charge is 0.134 e. The van der Waals surface area contributed by atoms with E-state index >= 15 is 0 Å². The van der Waals surface area contributed by atoms with Crippen molar-refractivity contribution in [3.8, 4) is 17.2 Å². The van der Waals surface area contributed by atoms with Gasteiger partial charge in [0.15, 0.2) is 0 Å². The monoisotopic (exact) mass is 630 g/mol. The number of allylic oxidation sites excluding steroid dienone is 3. The Hall–Kier alpha value is -6.33. The zero-order chi connectivity index (χ0) is 32.4. The van der Waals surface area contributed by atoms with Gasteiger partial charge in [-0.25, -0.2) is 0 Å². The molecule has 1 aliphatic carbocycles. The second-order valence-corrected chi connectivity index (χ2v) is 13.4. The fraction of sp³-hybridized carbons (Fsp3) is 0.0682. The number of amidine groups is 1. The molecule has 49 heavy (non-hydrogen) atoms. The Bertz CT molecular complexity index is 2830. The first kappa shape index (κ1) is 26.7. The Labute approximate surface area is 282 Å². The molecule has 0 radical (unpaired) electrons. The average Bonchev–Trinajstić information content (AvgIpc) is 3.66. The molecule has 0 saturated carbocycles. The number of fused-ring (bicyclic) bond motifs is 14. The van der Waals surface area contributed by atoms with E-state index in [1.54, 1.807) is 0 Å². The highest BCUT2D eigenvalue weighted by Gasteiger charge is 2.50. The molecule has 0 fully saturated rings. The summed E-state index contributed by atoms with van der Waals surface area (Å²) >= 11 is 0. The summed E-state index contributed by atoms with van der Waals surface area (Å²) in [6.07, 6.45) is 6.86. The predicted molar refractivity (Wildman–Crippen MR) is 199 cm³/mol. The number of nitrogens with one attached hydrogen (secondary N) is 1. The quantitative estimate of drug-likeness (QED) is 0.147. The molecule has 8 aromatic rings. The van der Waals surface area contributed by atoms with Crippen molar-refractivity contribution in [2.45, 2.75) is 17.9 Å². The van der Waals surface area contributed by atoms with Crippen LogP contribution in [-0.4, -0.2) is 15.0 Å². The molecular formula is C44H30N4O. The molecule has 0 amide bonds. The van der Waals surface area contributed by atoms with Gasteiger partial charge in [0.05, 0.1) is 33.7 Å². The van der Waals surface area contributed by atoms with E-state index in [9.17, 15) is 0 Å². The molecule has 2 unspecified atom stereocenters. The fourth-order valence-corrected chi connectivity index (χ4v) is 9.21. The standard InChI is InChI=1S/C44H30N4O/c45-43(46)26-11-9-12-27(23-26)47-36-19-5-2-14-29(36)31-24-35-41(25-39(31)47)49-40-22-8-4-17-33(40)44(35)32-16-3-7-21-38(32)48-37-20-6-1-13-28(37)30-15-10-18-34(44)42(30)48/h1-22,24-25,27H,23H2,(H3,45,46). The SMILES string of the molecule is N=C(N)C1=CC=CC(n2c3ccccc3c3cc4c(cc32)Oc2ccccc2C42c3ccccc3-n3c4ccccc4c4cccc2c43)C1. The van der Waals surface area contributed by atoms with Crippen LogP contribution in [0.1, 0.15) is 34.7 Å². The van der Waals surface area contributed by atoms with Crippen LogP contribution in [0.15, 0.2) is 151 Å². The minimum absolute atomic E-state index is 0.00838. The van der Waals surface area contributed by atoms with Crippen LogP contribution in [0.2, 0.25) is 0 Å². The van der Waals surface area contributed by atoms with Gasteiger partial charge in [-0.15, -0.1) is 0 Å². The number of ether oxygens (including phenoxy) is 1. The third-order valence-corrected chi connectivity index (χ3v) is 11.1. The van der Waals surface area contributed by atoms with Gasteiger partial charge in [-0.05, 0) is 47.0 Å². The number of hydrogen-bond acceptors (Lipinski definition) is 2. The predicted octanol–water partition coefficient (Wildman–Crippen LogP) is 10.1. The molecule has 3 aliphatic rings. The van der Waals surface area contributed by atoms with Crippen LogP contribution < -0.4 is 10.5 Å². The van der Waals surface area contributed by atoms with Crippen molar-refractivity contribution < 1.29 is 4.74 Å². The minimum atomic E-state index is -0.628. The number of hydrogen-bond donors (Lipinski definition) is 2. The Kier molecular flexibility index (Phi) is 5.12. The van der Waals surface area contributed by atoms with Gasteiger partial charge in [0, 0.05) is 50.7 Å². The highest BCUT2D eigenvalue weighted by molar-refractivity contribution is 6.13. The summed E-state index contributed by atoms with van der Waals surface area (Å²) in [6, 6.07) is 46.4. The van der Waals surface area contributed by atoms with Gasteiger partial charge >= 0.3 is 0 Å². The lowest BCUT2D eigenvalue weighted by atomic mass is 9.61. The molecular weight excluding hydrogens is 601 g/mol. The first-order chi connectivity index (χ1) is 24.1. The van der Waals surface area contributed by atoms with Gasteiger partial charge in [0.25, 0.3) is 0 Å². The van der Waals surface area contributed by atoms with Crippen molar-refractivity contribution >= 4 is 49.4 Å². The first-order valence-electron chi connectivity index (χ1n) is 16.8. The molecule has 0 saturated heterocycles. The van der Waals surface area contributed by atoms with Gasteiger partial charge in [-0.1, -0.05) is 109 Å². The van der Waals surface area contributed by atoms with Gasteiger partial charge in [-0.3, -0.25) is 5.41 Å². The Morgan fingerprint density at radius 3 is 2.20 bits per heavy atom. The van der Waals surface area contributed by atoms with Crippen LogP contribution in [0.5, 0.6) is 11.5 Å².